The van der Waals surface area contributed by atoms with Crippen molar-refractivity contribution in [3.05, 3.63) is 47.4 Å². The smallest absolute Gasteiger partial charge is 0.459 e. The summed E-state index contributed by atoms with van der Waals surface area (Å²) in [6.07, 6.45) is -3.31. The molecule has 3 unspecified atom stereocenters. The lowest BCUT2D eigenvalue weighted by Crippen LogP contribution is -2.41. The first kappa shape index (κ1) is 28.2. The first-order valence-electron chi connectivity index (χ1n) is 11.2. The Morgan fingerprint density at radius 3 is 2.64 bits per heavy atom. The third-order valence-electron chi connectivity index (χ3n) is 5.26. The molecule has 1 aliphatic rings. The zero-order chi connectivity index (χ0) is 26.7. The Morgan fingerprint density at radius 2 is 2.03 bits per heavy atom. The molecule has 0 spiro atoms. The molecule has 36 heavy (non-hydrogen) atoms. The highest BCUT2D eigenvalue weighted by Crippen LogP contribution is 2.47. The predicted octanol–water partition coefficient (Wildman–Crippen LogP) is 3.31. The van der Waals surface area contributed by atoms with Crippen LogP contribution in [-0.4, -0.2) is 57.3 Å². The summed E-state index contributed by atoms with van der Waals surface area (Å²) in [7, 11) is -4.24. The molecule has 1 saturated heterocycles. The number of ether oxygens (including phenoxy) is 2. The van der Waals surface area contributed by atoms with Gasteiger partial charge in [0.1, 0.15) is 29.8 Å². The largest absolute Gasteiger partial charge is 0.462 e. The Morgan fingerprint density at radius 1 is 1.36 bits per heavy atom. The highest BCUT2D eigenvalue weighted by molar-refractivity contribution is 7.71. The first-order valence-corrected chi connectivity index (χ1v) is 13.1. The summed E-state index contributed by atoms with van der Waals surface area (Å²) in [4.78, 5) is 16.2. The minimum absolute atomic E-state index is 0.0464. The molecule has 198 valence electrons. The molecule has 0 saturated carbocycles. The van der Waals surface area contributed by atoms with E-state index in [0.717, 1.165) is 6.92 Å². The van der Waals surface area contributed by atoms with E-state index in [-0.39, 0.29) is 16.3 Å². The highest BCUT2D eigenvalue weighted by atomic mass is 32.1. The van der Waals surface area contributed by atoms with Crippen molar-refractivity contribution in [1.82, 2.24) is 14.6 Å². The summed E-state index contributed by atoms with van der Waals surface area (Å²) in [6.45, 7) is 5.37. The number of para-hydroxylation sites is 1. The van der Waals surface area contributed by atoms with Crippen LogP contribution in [0.3, 0.4) is 0 Å². The number of aliphatic hydroxyl groups is 1. The summed E-state index contributed by atoms with van der Waals surface area (Å²) in [5, 5.41) is 13.2. The molecule has 3 rings (SSSR count). The number of anilines is 1. The number of aromatic nitrogens is 2. The number of halogens is 1. The Balaban J connectivity index is 1.79. The van der Waals surface area contributed by atoms with Gasteiger partial charge in [-0.05, 0) is 58.1 Å². The van der Waals surface area contributed by atoms with E-state index >= 15 is 4.39 Å². The van der Waals surface area contributed by atoms with Crippen LogP contribution in [0.4, 0.5) is 10.2 Å². The molecule has 0 amide bonds. The van der Waals surface area contributed by atoms with Crippen LogP contribution in [0.5, 0.6) is 5.75 Å². The van der Waals surface area contributed by atoms with Crippen LogP contribution in [0.1, 0.15) is 33.9 Å². The minimum Gasteiger partial charge on any atom is -0.462 e. The first-order chi connectivity index (χ1) is 16.8. The number of nitrogens with zero attached hydrogens (tertiary/aromatic N) is 2. The van der Waals surface area contributed by atoms with Crippen molar-refractivity contribution >= 4 is 31.8 Å². The lowest BCUT2D eigenvalue weighted by Gasteiger charge is -2.25. The molecule has 1 fully saturated rings. The number of aliphatic hydroxyl groups excluding tert-OH is 1. The third-order valence-corrected chi connectivity index (χ3v) is 7.20. The Labute approximate surface area is 213 Å². The number of esters is 1. The summed E-state index contributed by atoms with van der Waals surface area (Å²) in [5.41, 5.74) is 3.31. The van der Waals surface area contributed by atoms with E-state index in [4.69, 9.17) is 36.5 Å². The van der Waals surface area contributed by atoms with Crippen molar-refractivity contribution in [2.24, 2.45) is 0 Å². The van der Waals surface area contributed by atoms with Gasteiger partial charge in [-0.1, -0.05) is 18.2 Å². The number of rotatable bonds is 10. The van der Waals surface area contributed by atoms with Gasteiger partial charge in [-0.15, -0.1) is 0 Å². The molecule has 0 bridgehead atoms. The van der Waals surface area contributed by atoms with Gasteiger partial charge in [0, 0.05) is 6.20 Å². The van der Waals surface area contributed by atoms with Gasteiger partial charge in [-0.3, -0.25) is 13.9 Å². The lowest BCUT2D eigenvalue weighted by atomic mass is 9.98. The van der Waals surface area contributed by atoms with Crippen molar-refractivity contribution in [2.45, 2.75) is 63.9 Å². The molecule has 2 heterocycles. The quantitative estimate of drug-likeness (QED) is 0.230. The summed E-state index contributed by atoms with van der Waals surface area (Å²) in [6, 6.07) is 8.47. The van der Waals surface area contributed by atoms with Gasteiger partial charge in [0.25, 0.3) is 0 Å². The van der Waals surface area contributed by atoms with Gasteiger partial charge in [0.2, 0.25) is 4.77 Å². The number of hydrogen-bond acceptors (Lipinski definition) is 10. The monoisotopic (exact) mass is 544 g/mol. The van der Waals surface area contributed by atoms with Crippen molar-refractivity contribution in [3.63, 3.8) is 0 Å². The van der Waals surface area contributed by atoms with E-state index in [1.807, 2.05) is 0 Å². The van der Waals surface area contributed by atoms with Crippen molar-refractivity contribution in [1.29, 1.82) is 0 Å². The summed E-state index contributed by atoms with van der Waals surface area (Å²) >= 11 is 5.15. The van der Waals surface area contributed by atoms with Gasteiger partial charge < -0.3 is 24.8 Å². The van der Waals surface area contributed by atoms with E-state index in [1.54, 1.807) is 44.2 Å². The maximum atomic E-state index is 15.6. The van der Waals surface area contributed by atoms with Gasteiger partial charge in [0.15, 0.2) is 11.9 Å². The molecular weight excluding hydrogens is 514 g/mol. The highest BCUT2D eigenvalue weighted by Gasteiger charge is 2.55. The molecule has 11 nitrogen and oxygen atoms in total. The number of alkyl halides is 1. The molecule has 1 aliphatic heterocycles. The molecule has 0 aliphatic carbocycles. The van der Waals surface area contributed by atoms with Crippen LogP contribution in [0.15, 0.2) is 42.6 Å². The zero-order valence-electron chi connectivity index (χ0n) is 20.2. The van der Waals surface area contributed by atoms with Gasteiger partial charge in [-0.2, -0.15) is 5.09 Å². The second-order valence-electron chi connectivity index (χ2n) is 8.70. The maximum Gasteiger partial charge on any atom is 0.459 e. The third kappa shape index (κ3) is 6.67. The summed E-state index contributed by atoms with van der Waals surface area (Å²) in [5.74, 6) is -0.340. The van der Waals surface area contributed by atoms with Crippen LogP contribution in [-0.2, 0) is 23.4 Å². The van der Waals surface area contributed by atoms with Crippen molar-refractivity contribution in [2.75, 3.05) is 12.3 Å². The molecule has 1 aromatic heterocycles. The number of nitrogens with one attached hydrogen (secondary N) is 1. The van der Waals surface area contributed by atoms with Crippen LogP contribution in [0.25, 0.3) is 0 Å². The predicted molar refractivity (Wildman–Crippen MR) is 131 cm³/mol. The van der Waals surface area contributed by atoms with Gasteiger partial charge in [-0.25, -0.2) is 13.9 Å². The molecule has 1 aromatic carbocycles. The van der Waals surface area contributed by atoms with E-state index in [2.05, 4.69) is 10.1 Å². The second kappa shape index (κ2) is 11.3. The van der Waals surface area contributed by atoms with Gasteiger partial charge >= 0.3 is 13.7 Å². The lowest BCUT2D eigenvalue weighted by molar-refractivity contribution is -0.149. The average molecular weight is 545 g/mol. The number of benzene rings is 1. The molecule has 2 aromatic rings. The average Bonchev–Trinajstić information content (AvgIpc) is 3.01. The normalized spacial score (nSPS) is 26.4. The number of nitrogens with two attached hydrogens (primary N) is 1. The Kier molecular flexibility index (Phi) is 8.86. The van der Waals surface area contributed by atoms with Crippen molar-refractivity contribution < 1.29 is 37.4 Å². The fourth-order valence-corrected chi connectivity index (χ4v) is 5.22. The Bertz CT molecular complexity index is 1170. The van der Waals surface area contributed by atoms with E-state index < -0.39 is 56.6 Å². The molecular formula is C22H30FN4O7PS. The maximum absolute atomic E-state index is 15.6. The second-order valence-corrected chi connectivity index (χ2v) is 10.8. The minimum atomic E-state index is -4.24. The summed E-state index contributed by atoms with van der Waals surface area (Å²) < 4.78 is 52.3. The van der Waals surface area contributed by atoms with Crippen LogP contribution < -0.4 is 15.3 Å². The van der Waals surface area contributed by atoms with E-state index in [0.29, 0.717) is 0 Å². The standard InChI is InChI=1S/C22H30FN4O7PS/c1-13(2)32-19(29)14(3)26-35(30,34-15-8-6-5-7-9-15)31-12-16-18(28)22(4,23)20(33-16)27-11-10-17(24)25-21(27)36/h5-11,13-14,16,18,20,28H,12H2,1-4H3,(H,26,30)(H2,24,25,36)/t14-,16?,18-,20+,22?,35?/m0/s1. The number of carbonyl (C=O) groups excluding carboxylic acids is 1. The van der Waals surface area contributed by atoms with E-state index in [1.165, 1.54) is 23.8 Å². The molecule has 14 heteroatoms. The van der Waals surface area contributed by atoms with Gasteiger partial charge in [0.05, 0.1) is 12.7 Å². The van der Waals surface area contributed by atoms with Crippen LogP contribution in [0, 0.1) is 4.77 Å². The zero-order valence-corrected chi connectivity index (χ0v) is 21.9. The molecule has 6 atom stereocenters. The molecule has 0 radical (unpaired) electrons. The number of hydrogen-bond donors (Lipinski definition) is 3. The number of carbonyl (C=O) groups is 1. The van der Waals surface area contributed by atoms with Crippen LogP contribution >= 0.6 is 20.0 Å². The van der Waals surface area contributed by atoms with E-state index in [9.17, 15) is 14.5 Å². The molecule has 4 N–H and O–H groups in total. The Hall–Kier alpha value is -2.41. The fraction of sp³-hybridized carbons (Fsp3) is 0.500. The SMILES string of the molecule is CC(C)OC(=O)[C@H](C)NP(=O)(OCC1O[C@@H](n2ccc(N)nc2=S)C(C)(F)[C@H]1O)Oc1ccccc1. The van der Waals surface area contributed by atoms with Crippen LogP contribution in [0.2, 0.25) is 0 Å². The topological polar surface area (TPSA) is 147 Å². The van der Waals surface area contributed by atoms with Crippen molar-refractivity contribution in [3.8, 4) is 5.75 Å². The number of nitrogen functional groups attached to an aromatic ring is 1. The fourth-order valence-electron chi connectivity index (χ4n) is 3.46.